The van der Waals surface area contributed by atoms with Gasteiger partial charge in [-0.3, -0.25) is 4.79 Å². The summed E-state index contributed by atoms with van der Waals surface area (Å²) in [5, 5.41) is 0. The van der Waals surface area contributed by atoms with Crippen LogP contribution in [-0.4, -0.2) is 39.9 Å². The number of H-pyrrole nitrogens is 1. The molecule has 0 atom stereocenters. The number of hydrogen-bond donors (Lipinski definition) is 1. The number of aromatic amines is 1. The fraction of sp³-hybridized carbons (Fsp3) is 0.316. The van der Waals surface area contributed by atoms with Gasteiger partial charge in [-0.2, -0.15) is 0 Å². The zero-order valence-corrected chi connectivity index (χ0v) is 15.8. The molecule has 0 bridgehead atoms. The van der Waals surface area contributed by atoms with Crippen LogP contribution in [-0.2, 0) is 13.2 Å². The first-order valence-corrected chi connectivity index (χ1v) is 8.44. The number of aromatic nitrogens is 3. The van der Waals surface area contributed by atoms with Crippen LogP contribution in [0.25, 0.3) is 0 Å². The van der Waals surface area contributed by atoms with E-state index < -0.39 is 0 Å². The molecule has 0 aliphatic heterocycles. The summed E-state index contributed by atoms with van der Waals surface area (Å²) in [6.07, 6.45) is 3.05. The van der Waals surface area contributed by atoms with Crippen LogP contribution in [0.15, 0.2) is 35.1 Å². The molecule has 1 N–H and O–H groups in total. The Hall–Kier alpha value is -3.29. The number of methoxy groups -OCH3 is 1. The molecule has 0 saturated heterocycles. The molecule has 0 spiro atoms. The topological polar surface area (TPSA) is 93.5 Å². The molecule has 0 aliphatic rings. The normalized spacial score (nSPS) is 10.7. The molecular formula is C19H22N4O4. The molecular weight excluding hydrogens is 348 g/mol. The Labute approximate surface area is 157 Å². The number of nitrogens with one attached hydrogen (secondary N) is 1. The number of amides is 1. The molecule has 0 unspecified atom stereocenters. The molecule has 8 heteroatoms. The van der Waals surface area contributed by atoms with Crippen LogP contribution in [0, 0.1) is 13.8 Å². The molecule has 3 aromatic rings. The van der Waals surface area contributed by atoms with Crippen molar-refractivity contribution in [2.24, 2.45) is 0 Å². The maximum atomic E-state index is 12.5. The first kappa shape index (κ1) is 18.5. The molecule has 27 heavy (non-hydrogen) atoms. The Morgan fingerprint density at radius 1 is 1.30 bits per heavy atom. The molecule has 2 aromatic heterocycles. The van der Waals surface area contributed by atoms with Crippen molar-refractivity contribution in [3.63, 3.8) is 0 Å². The van der Waals surface area contributed by atoms with Crippen molar-refractivity contribution in [2.45, 2.75) is 27.0 Å². The number of carbonyl (C=O) groups excluding carboxylic acids is 1. The Bertz CT molecular complexity index is 931. The SMILES string of the molecule is COc1cc(C)ccc1OCc1nc(C(=O)N(C)Cc2ncc(C)[nH]2)co1. The van der Waals surface area contributed by atoms with Crippen LogP contribution in [0.2, 0.25) is 0 Å². The number of rotatable bonds is 7. The van der Waals surface area contributed by atoms with Crippen LogP contribution in [0.1, 0.15) is 33.5 Å². The number of imidazole rings is 1. The van der Waals surface area contributed by atoms with Crippen LogP contribution < -0.4 is 9.47 Å². The Morgan fingerprint density at radius 3 is 2.81 bits per heavy atom. The summed E-state index contributed by atoms with van der Waals surface area (Å²) in [4.78, 5) is 25.5. The quantitative estimate of drug-likeness (QED) is 0.687. The Balaban J connectivity index is 1.61. The average Bonchev–Trinajstić information content (AvgIpc) is 3.28. The van der Waals surface area contributed by atoms with Crippen molar-refractivity contribution in [1.29, 1.82) is 0 Å². The van der Waals surface area contributed by atoms with Crippen LogP contribution in [0.3, 0.4) is 0 Å². The van der Waals surface area contributed by atoms with Gasteiger partial charge in [0.25, 0.3) is 5.91 Å². The van der Waals surface area contributed by atoms with Crippen molar-refractivity contribution in [1.82, 2.24) is 19.9 Å². The van der Waals surface area contributed by atoms with Crippen molar-refractivity contribution in [3.8, 4) is 11.5 Å². The van der Waals surface area contributed by atoms with E-state index >= 15 is 0 Å². The molecule has 142 valence electrons. The summed E-state index contributed by atoms with van der Waals surface area (Å²) < 4.78 is 16.4. The number of ether oxygens (including phenoxy) is 2. The molecule has 1 aromatic carbocycles. The minimum Gasteiger partial charge on any atom is -0.493 e. The highest BCUT2D eigenvalue weighted by molar-refractivity contribution is 5.91. The minimum atomic E-state index is -0.257. The summed E-state index contributed by atoms with van der Waals surface area (Å²) in [6, 6.07) is 5.63. The highest BCUT2D eigenvalue weighted by Gasteiger charge is 2.18. The second-order valence-electron chi connectivity index (χ2n) is 6.24. The Morgan fingerprint density at radius 2 is 2.11 bits per heavy atom. The standard InChI is InChI=1S/C19H22N4O4/c1-12-5-6-15(16(7-12)25-4)26-11-18-22-14(10-27-18)19(24)23(3)9-17-20-8-13(2)21-17/h5-8,10H,9,11H2,1-4H3,(H,20,21). The number of hydrogen-bond acceptors (Lipinski definition) is 6. The maximum Gasteiger partial charge on any atom is 0.275 e. The highest BCUT2D eigenvalue weighted by Crippen LogP contribution is 2.28. The summed E-state index contributed by atoms with van der Waals surface area (Å²) in [5.74, 6) is 1.97. The summed E-state index contributed by atoms with van der Waals surface area (Å²) in [7, 11) is 3.27. The second-order valence-corrected chi connectivity index (χ2v) is 6.24. The van der Waals surface area contributed by atoms with E-state index in [1.807, 2.05) is 32.0 Å². The van der Waals surface area contributed by atoms with Crippen LogP contribution >= 0.6 is 0 Å². The third-order valence-corrected chi connectivity index (χ3v) is 3.93. The number of benzene rings is 1. The van der Waals surface area contributed by atoms with Crippen molar-refractivity contribution in [2.75, 3.05) is 14.2 Å². The molecule has 8 nitrogen and oxygen atoms in total. The lowest BCUT2D eigenvalue weighted by Gasteiger charge is -2.13. The zero-order chi connectivity index (χ0) is 19.4. The number of aryl methyl sites for hydroxylation is 2. The molecule has 1 amide bonds. The van der Waals surface area contributed by atoms with Gasteiger partial charge in [0.05, 0.1) is 13.7 Å². The largest absolute Gasteiger partial charge is 0.493 e. The first-order valence-electron chi connectivity index (χ1n) is 8.44. The van der Waals surface area contributed by atoms with E-state index in [1.54, 1.807) is 20.4 Å². The van der Waals surface area contributed by atoms with E-state index in [0.717, 1.165) is 11.3 Å². The van der Waals surface area contributed by atoms with Gasteiger partial charge in [0.1, 0.15) is 12.1 Å². The number of carbonyl (C=O) groups is 1. The van der Waals surface area contributed by atoms with Gasteiger partial charge in [-0.1, -0.05) is 6.07 Å². The van der Waals surface area contributed by atoms with E-state index in [0.29, 0.717) is 29.8 Å². The van der Waals surface area contributed by atoms with Gasteiger partial charge in [-0.25, -0.2) is 9.97 Å². The van der Waals surface area contributed by atoms with E-state index in [4.69, 9.17) is 13.9 Å². The van der Waals surface area contributed by atoms with Gasteiger partial charge in [0, 0.05) is 18.9 Å². The van der Waals surface area contributed by atoms with Gasteiger partial charge in [-0.15, -0.1) is 0 Å². The predicted octanol–water partition coefficient (Wildman–Crippen LogP) is 2.87. The molecule has 0 saturated carbocycles. The van der Waals surface area contributed by atoms with Gasteiger partial charge >= 0.3 is 0 Å². The molecule has 0 aliphatic carbocycles. The molecule has 2 heterocycles. The van der Waals surface area contributed by atoms with E-state index in [-0.39, 0.29) is 18.2 Å². The fourth-order valence-corrected chi connectivity index (χ4v) is 2.55. The van der Waals surface area contributed by atoms with Crippen molar-refractivity contribution in [3.05, 3.63) is 59.3 Å². The first-order chi connectivity index (χ1) is 13.0. The number of nitrogens with zero attached hydrogens (tertiary/aromatic N) is 3. The monoisotopic (exact) mass is 370 g/mol. The third kappa shape index (κ3) is 4.46. The Kier molecular flexibility index (Phi) is 5.44. The van der Waals surface area contributed by atoms with E-state index in [1.165, 1.54) is 11.2 Å². The van der Waals surface area contributed by atoms with Crippen molar-refractivity contribution < 1.29 is 18.7 Å². The summed E-state index contributed by atoms with van der Waals surface area (Å²) >= 11 is 0. The van der Waals surface area contributed by atoms with Crippen LogP contribution in [0.4, 0.5) is 0 Å². The fourth-order valence-electron chi connectivity index (χ4n) is 2.55. The lowest BCUT2D eigenvalue weighted by atomic mass is 10.2. The van der Waals surface area contributed by atoms with Gasteiger partial charge in [0.15, 0.2) is 23.8 Å². The predicted molar refractivity (Wildman–Crippen MR) is 97.7 cm³/mol. The lowest BCUT2D eigenvalue weighted by Crippen LogP contribution is -2.27. The minimum absolute atomic E-state index is 0.0911. The molecule has 0 radical (unpaired) electrons. The zero-order valence-electron chi connectivity index (χ0n) is 15.8. The van der Waals surface area contributed by atoms with Gasteiger partial charge in [-0.05, 0) is 31.5 Å². The average molecular weight is 370 g/mol. The molecule has 0 fully saturated rings. The highest BCUT2D eigenvalue weighted by atomic mass is 16.5. The number of oxazole rings is 1. The smallest absolute Gasteiger partial charge is 0.275 e. The van der Waals surface area contributed by atoms with Gasteiger partial charge in [0.2, 0.25) is 5.89 Å². The van der Waals surface area contributed by atoms with Crippen LogP contribution in [0.5, 0.6) is 11.5 Å². The molecule has 3 rings (SSSR count). The second kappa shape index (κ2) is 7.94. The summed E-state index contributed by atoms with van der Waals surface area (Å²) in [5.41, 5.74) is 2.23. The lowest BCUT2D eigenvalue weighted by molar-refractivity contribution is 0.0776. The summed E-state index contributed by atoms with van der Waals surface area (Å²) in [6.45, 7) is 4.32. The van der Waals surface area contributed by atoms with E-state index in [9.17, 15) is 4.79 Å². The van der Waals surface area contributed by atoms with Crippen molar-refractivity contribution >= 4 is 5.91 Å². The van der Waals surface area contributed by atoms with E-state index in [2.05, 4.69) is 15.0 Å². The maximum absolute atomic E-state index is 12.5. The third-order valence-electron chi connectivity index (χ3n) is 3.93. The van der Waals surface area contributed by atoms with Gasteiger partial charge < -0.3 is 23.8 Å².